The first-order chi connectivity index (χ1) is 10.2. The van der Waals surface area contributed by atoms with Gasteiger partial charge in [-0.15, -0.1) is 12.4 Å². The lowest BCUT2D eigenvalue weighted by molar-refractivity contribution is 0.0596. The highest BCUT2D eigenvalue weighted by Gasteiger charge is 2.15. The van der Waals surface area contributed by atoms with Crippen molar-refractivity contribution < 1.29 is 19.4 Å². The van der Waals surface area contributed by atoms with E-state index < -0.39 is 6.10 Å². The third-order valence-electron chi connectivity index (χ3n) is 3.64. The SMILES string of the molecule is COC(=O)c1ccc(OCC(O)CN2CCCCC2)cc1.Cl. The van der Waals surface area contributed by atoms with Crippen LogP contribution in [0.15, 0.2) is 24.3 Å². The molecule has 124 valence electrons. The first kappa shape index (κ1) is 18.7. The van der Waals surface area contributed by atoms with Crippen molar-refractivity contribution in [3.8, 4) is 5.75 Å². The van der Waals surface area contributed by atoms with Gasteiger partial charge in [-0.05, 0) is 50.2 Å². The Morgan fingerprint density at radius 2 is 1.86 bits per heavy atom. The monoisotopic (exact) mass is 329 g/mol. The second-order valence-electron chi connectivity index (χ2n) is 5.34. The summed E-state index contributed by atoms with van der Waals surface area (Å²) in [7, 11) is 1.35. The molecule has 1 fully saturated rings. The van der Waals surface area contributed by atoms with Crippen molar-refractivity contribution in [1.29, 1.82) is 0 Å². The number of nitrogens with zero attached hydrogens (tertiary/aromatic N) is 1. The third kappa shape index (κ3) is 5.83. The van der Waals surface area contributed by atoms with Gasteiger partial charge in [0.2, 0.25) is 0 Å². The molecule has 0 spiro atoms. The molecule has 0 amide bonds. The second kappa shape index (κ2) is 9.66. The van der Waals surface area contributed by atoms with E-state index in [9.17, 15) is 9.90 Å². The first-order valence-corrected chi connectivity index (χ1v) is 7.40. The summed E-state index contributed by atoms with van der Waals surface area (Å²) in [5.41, 5.74) is 0.485. The van der Waals surface area contributed by atoms with E-state index in [2.05, 4.69) is 9.64 Å². The molecule has 0 radical (unpaired) electrons. The highest BCUT2D eigenvalue weighted by atomic mass is 35.5. The van der Waals surface area contributed by atoms with Crippen LogP contribution in [-0.4, -0.2) is 55.4 Å². The third-order valence-corrected chi connectivity index (χ3v) is 3.64. The Morgan fingerprint density at radius 1 is 1.23 bits per heavy atom. The number of rotatable bonds is 6. The van der Waals surface area contributed by atoms with E-state index in [-0.39, 0.29) is 25.0 Å². The Bertz CT molecular complexity index is 446. The molecule has 6 heteroatoms. The number of aliphatic hydroxyl groups excluding tert-OH is 1. The van der Waals surface area contributed by atoms with E-state index in [0.717, 1.165) is 13.1 Å². The summed E-state index contributed by atoms with van der Waals surface area (Å²) in [5, 5.41) is 10.0. The minimum atomic E-state index is -0.497. The van der Waals surface area contributed by atoms with Crippen LogP contribution in [0.3, 0.4) is 0 Å². The molecule has 1 saturated heterocycles. The molecule has 2 rings (SSSR count). The fraction of sp³-hybridized carbons (Fsp3) is 0.562. The van der Waals surface area contributed by atoms with Crippen LogP contribution in [0.1, 0.15) is 29.6 Å². The summed E-state index contributed by atoms with van der Waals surface area (Å²) in [6.07, 6.45) is 3.21. The molecule has 0 aromatic heterocycles. The molecule has 1 aromatic rings. The Hall–Kier alpha value is -1.30. The molecule has 5 nitrogen and oxygen atoms in total. The number of aliphatic hydroxyl groups is 1. The van der Waals surface area contributed by atoms with Crippen molar-refractivity contribution in [2.75, 3.05) is 33.4 Å². The zero-order valence-electron chi connectivity index (χ0n) is 12.9. The van der Waals surface area contributed by atoms with Gasteiger partial charge < -0.3 is 19.5 Å². The maximum absolute atomic E-state index is 11.3. The predicted molar refractivity (Wildman–Crippen MR) is 86.8 cm³/mol. The molecule has 1 aromatic carbocycles. The van der Waals surface area contributed by atoms with Gasteiger partial charge in [0.25, 0.3) is 0 Å². The van der Waals surface area contributed by atoms with Crippen LogP contribution in [0.25, 0.3) is 0 Å². The maximum atomic E-state index is 11.3. The summed E-state index contributed by atoms with van der Waals surface area (Å²) in [6, 6.07) is 6.72. The highest BCUT2D eigenvalue weighted by molar-refractivity contribution is 5.89. The quantitative estimate of drug-likeness (QED) is 0.810. The van der Waals surface area contributed by atoms with Gasteiger partial charge in [-0.2, -0.15) is 0 Å². The van der Waals surface area contributed by atoms with E-state index in [0.29, 0.717) is 17.9 Å². The van der Waals surface area contributed by atoms with Crippen LogP contribution in [0.4, 0.5) is 0 Å². The van der Waals surface area contributed by atoms with Crippen LogP contribution >= 0.6 is 12.4 Å². The molecule has 1 N–H and O–H groups in total. The summed E-state index contributed by atoms with van der Waals surface area (Å²) < 4.78 is 10.2. The number of hydrogen-bond donors (Lipinski definition) is 1. The zero-order valence-corrected chi connectivity index (χ0v) is 13.7. The van der Waals surface area contributed by atoms with Gasteiger partial charge in [0, 0.05) is 6.54 Å². The number of likely N-dealkylation sites (tertiary alicyclic amines) is 1. The highest BCUT2D eigenvalue weighted by Crippen LogP contribution is 2.14. The van der Waals surface area contributed by atoms with Crippen molar-refractivity contribution in [1.82, 2.24) is 4.90 Å². The van der Waals surface area contributed by atoms with E-state index in [1.807, 2.05) is 0 Å². The molecule has 1 atom stereocenters. The molecule has 0 bridgehead atoms. The van der Waals surface area contributed by atoms with E-state index in [1.165, 1.54) is 26.4 Å². The smallest absolute Gasteiger partial charge is 0.337 e. The van der Waals surface area contributed by atoms with Gasteiger partial charge >= 0.3 is 5.97 Å². The molecule has 1 unspecified atom stereocenters. The van der Waals surface area contributed by atoms with E-state index in [4.69, 9.17) is 4.74 Å². The van der Waals surface area contributed by atoms with Crippen molar-refractivity contribution >= 4 is 18.4 Å². The van der Waals surface area contributed by atoms with Crippen LogP contribution in [0, 0.1) is 0 Å². The van der Waals surface area contributed by atoms with E-state index in [1.54, 1.807) is 24.3 Å². The van der Waals surface area contributed by atoms with Crippen LogP contribution in [0.5, 0.6) is 5.75 Å². The summed E-state index contributed by atoms with van der Waals surface area (Å²) in [6.45, 7) is 3.03. The number of esters is 1. The first-order valence-electron chi connectivity index (χ1n) is 7.40. The van der Waals surface area contributed by atoms with Gasteiger partial charge in [0.05, 0.1) is 12.7 Å². The number of carbonyl (C=O) groups is 1. The standard InChI is InChI=1S/C16H23NO4.ClH/c1-20-16(19)13-5-7-15(8-6-13)21-12-14(18)11-17-9-3-2-4-10-17;/h5-8,14,18H,2-4,9-12H2,1H3;1H. The summed E-state index contributed by atoms with van der Waals surface area (Å²) >= 11 is 0. The van der Waals surface area contributed by atoms with Crippen molar-refractivity contribution in [3.63, 3.8) is 0 Å². The number of methoxy groups -OCH3 is 1. The molecule has 1 heterocycles. The van der Waals surface area contributed by atoms with Crippen LogP contribution < -0.4 is 4.74 Å². The molecular weight excluding hydrogens is 306 g/mol. The summed E-state index contributed by atoms with van der Waals surface area (Å²) in [5.74, 6) is 0.270. The lowest BCUT2D eigenvalue weighted by atomic mass is 10.1. The number of halogens is 1. The van der Waals surface area contributed by atoms with Crippen molar-refractivity contribution in [2.24, 2.45) is 0 Å². The number of β-amino-alcohol motifs (C(OH)–C–C–N with tert-alkyl or cyclic N) is 1. The Kier molecular flexibility index (Phi) is 8.24. The van der Waals surface area contributed by atoms with Crippen molar-refractivity contribution in [3.05, 3.63) is 29.8 Å². The van der Waals surface area contributed by atoms with Crippen LogP contribution in [0.2, 0.25) is 0 Å². The minimum absolute atomic E-state index is 0. The molecule has 1 aliphatic rings. The Labute approximate surface area is 137 Å². The fourth-order valence-corrected chi connectivity index (χ4v) is 2.49. The van der Waals surface area contributed by atoms with Gasteiger partial charge in [-0.1, -0.05) is 6.42 Å². The molecule has 22 heavy (non-hydrogen) atoms. The Balaban J connectivity index is 0.00000242. The molecule has 0 aliphatic carbocycles. The molecular formula is C16H24ClNO4. The molecule has 1 aliphatic heterocycles. The fourth-order valence-electron chi connectivity index (χ4n) is 2.49. The Morgan fingerprint density at radius 3 is 2.45 bits per heavy atom. The average molecular weight is 330 g/mol. The number of benzene rings is 1. The van der Waals surface area contributed by atoms with Gasteiger partial charge in [-0.25, -0.2) is 4.79 Å². The summed E-state index contributed by atoms with van der Waals surface area (Å²) in [4.78, 5) is 13.6. The number of piperidine rings is 1. The largest absolute Gasteiger partial charge is 0.491 e. The average Bonchev–Trinajstić information content (AvgIpc) is 2.53. The second-order valence-corrected chi connectivity index (χ2v) is 5.34. The lowest BCUT2D eigenvalue weighted by Crippen LogP contribution is -2.38. The number of hydrogen-bond acceptors (Lipinski definition) is 5. The predicted octanol–water partition coefficient (Wildman–Crippen LogP) is 2.12. The number of carbonyl (C=O) groups excluding carboxylic acids is 1. The molecule has 0 saturated carbocycles. The van der Waals surface area contributed by atoms with Gasteiger partial charge in [0.15, 0.2) is 0 Å². The minimum Gasteiger partial charge on any atom is -0.491 e. The van der Waals surface area contributed by atoms with Crippen molar-refractivity contribution in [2.45, 2.75) is 25.4 Å². The van der Waals surface area contributed by atoms with Crippen LogP contribution in [-0.2, 0) is 4.74 Å². The topological polar surface area (TPSA) is 59.0 Å². The van der Waals surface area contributed by atoms with Gasteiger partial charge in [-0.3, -0.25) is 0 Å². The lowest BCUT2D eigenvalue weighted by Gasteiger charge is -2.28. The van der Waals surface area contributed by atoms with E-state index >= 15 is 0 Å². The normalized spacial score (nSPS) is 16.5. The zero-order chi connectivity index (χ0) is 15.1. The maximum Gasteiger partial charge on any atom is 0.337 e. The van der Waals surface area contributed by atoms with Gasteiger partial charge in [0.1, 0.15) is 18.5 Å². The number of ether oxygens (including phenoxy) is 2.